The van der Waals surface area contributed by atoms with Crippen LogP contribution >= 0.6 is 0 Å². The lowest BCUT2D eigenvalue weighted by molar-refractivity contribution is -0.136. The van der Waals surface area contributed by atoms with Crippen molar-refractivity contribution in [3.63, 3.8) is 0 Å². The highest BCUT2D eigenvalue weighted by atomic mass is 16.2. The van der Waals surface area contributed by atoms with E-state index in [-0.39, 0.29) is 29.4 Å². The quantitative estimate of drug-likeness (QED) is 0.866. The highest BCUT2D eigenvalue weighted by molar-refractivity contribution is 6.02. The number of Topliss-reactive ketones (excluding diaryl/α,β-unsaturated/α-hetero) is 1. The molecule has 1 heterocycles. The van der Waals surface area contributed by atoms with E-state index in [2.05, 4.69) is 11.4 Å². The van der Waals surface area contributed by atoms with Crippen LogP contribution in [0.4, 0.5) is 0 Å². The molecule has 4 nitrogen and oxygen atoms in total. The van der Waals surface area contributed by atoms with Crippen LogP contribution in [0.1, 0.15) is 47.2 Å². The Morgan fingerprint density at radius 2 is 1.90 bits per heavy atom. The lowest BCUT2D eigenvalue weighted by atomic mass is 9.88. The molecule has 1 saturated heterocycles. The minimum Gasteiger partial charge on any atom is -0.296 e. The van der Waals surface area contributed by atoms with E-state index in [0.29, 0.717) is 19.3 Å². The summed E-state index contributed by atoms with van der Waals surface area (Å²) in [4.78, 5) is 35.2. The third-order valence-electron chi connectivity index (χ3n) is 4.58. The summed E-state index contributed by atoms with van der Waals surface area (Å²) in [6, 6.07) is 5.97. The van der Waals surface area contributed by atoms with Crippen LogP contribution in [0.15, 0.2) is 18.2 Å². The molecule has 3 rings (SSSR count). The van der Waals surface area contributed by atoms with Crippen molar-refractivity contribution in [3.8, 4) is 0 Å². The molecule has 0 radical (unpaired) electrons. The number of carbonyl (C=O) groups is 3. The number of fused-ring (bicyclic) bond motifs is 1. The number of rotatable bonds is 3. The molecule has 1 N–H and O–H groups in total. The van der Waals surface area contributed by atoms with Crippen LogP contribution in [0, 0.1) is 18.8 Å². The van der Waals surface area contributed by atoms with Gasteiger partial charge < -0.3 is 0 Å². The summed E-state index contributed by atoms with van der Waals surface area (Å²) in [6.45, 7) is 2.03. The molecule has 1 fully saturated rings. The summed E-state index contributed by atoms with van der Waals surface area (Å²) < 4.78 is 0. The van der Waals surface area contributed by atoms with Crippen LogP contribution in [0.5, 0.6) is 0 Å². The Hall–Kier alpha value is -1.97. The summed E-state index contributed by atoms with van der Waals surface area (Å²) in [5.41, 5.74) is 3.15. The number of amides is 2. The first-order chi connectivity index (χ1) is 10.0. The summed E-state index contributed by atoms with van der Waals surface area (Å²) in [7, 11) is 0. The van der Waals surface area contributed by atoms with Crippen LogP contribution in [0.25, 0.3) is 0 Å². The Bertz CT molecular complexity index is 620. The van der Waals surface area contributed by atoms with Gasteiger partial charge in [0, 0.05) is 23.8 Å². The second kappa shape index (κ2) is 5.43. The molecule has 0 spiro atoms. The van der Waals surface area contributed by atoms with Gasteiger partial charge in [0.1, 0.15) is 0 Å². The predicted octanol–water partition coefficient (Wildman–Crippen LogP) is 2.18. The highest BCUT2D eigenvalue weighted by Crippen LogP contribution is 2.32. The van der Waals surface area contributed by atoms with Gasteiger partial charge in [-0.15, -0.1) is 0 Å². The third-order valence-corrected chi connectivity index (χ3v) is 4.58. The molecule has 110 valence electrons. The van der Waals surface area contributed by atoms with E-state index in [1.807, 2.05) is 19.1 Å². The van der Waals surface area contributed by atoms with Crippen LogP contribution in [0.2, 0.25) is 0 Å². The van der Waals surface area contributed by atoms with Gasteiger partial charge in [0.2, 0.25) is 11.8 Å². The van der Waals surface area contributed by atoms with Gasteiger partial charge in [-0.1, -0.05) is 23.8 Å². The lowest BCUT2D eigenvalue weighted by Gasteiger charge is -2.21. The van der Waals surface area contributed by atoms with Gasteiger partial charge in [-0.3, -0.25) is 19.7 Å². The van der Waals surface area contributed by atoms with Crippen molar-refractivity contribution in [3.05, 3.63) is 34.9 Å². The summed E-state index contributed by atoms with van der Waals surface area (Å²) in [6.07, 6.45) is 3.20. The molecule has 2 aliphatic rings. The third kappa shape index (κ3) is 2.75. The number of hydrogen-bond donors (Lipinski definition) is 1. The molecule has 1 aromatic carbocycles. The Kier molecular flexibility index (Phi) is 3.62. The summed E-state index contributed by atoms with van der Waals surface area (Å²) in [5.74, 6) is -0.286. The molecule has 1 aliphatic carbocycles. The predicted molar refractivity (Wildman–Crippen MR) is 77.8 cm³/mol. The van der Waals surface area contributed by atoms with Crippen molar-refractivity contribution in [2.45, 2.75) is 39.0 Å². The SMILES string of the molecule is Cc1ccc2c(c1)CC(CCC1CCC(=O)NC1=O)C2=O. The second-order valence-corrected chi connectivity index (χ2v) is 6.15. The van der Waals surface area contributed by atoms with E-state index >= 15 is 0 Å². The maximum Gasteiger partial charge on any atom is 0.229 e. The molecule has 4 heteroatoms. The van der Waals surface area contributed by atoms with Crippen molar-refractivity contribution in [2.24, 2.45) is 11.8 Å². The molecule has 2 atom stereocenters. The average molecular weight is 285 g/mol. The van der Waals surface area contributed by atoms with E-state index in [1.165, 1.54) is 5.56 Å². The van der Waals surface area contributed by atoms with Crippen molar-refractivity contribution in [1.29, 1.82) is 0 Å². The Balaban J connectivity index is 1.61. The number of ketones is 1. The van der Waals surface area contributed by atoms with Gasteiger partial charge in [-0.25, -0.2) is 0 Å². The number of imide groups is 1. The van der Waals surface area contributed by atoms with Gasteiger partial charge in [-0.2, -0.15) is 0 Å². The molecule has 0 saturated carbocycles. The normalized spacial score (nSPS) is 24.9. The maximum atomic E-state index is 12.4. The minimum absolute atomic E-state index is 0.00720. The first-order valence-corrected chi connectivity index (χ1v) is 7.52. The average Bonchev–Trinajstić information content (AvgIpc) is 2.74. The van der Waals surface area contributed by atoms with Gasteiger partial charge in [0.05, 0.1) is 0 Å². The standard InChI is InChI=1S/C17H19NO3/c1-10-2-6-14-13(8-10)9-12(16(14)20)4-3-11-5-7-15(19)18-17(11)21/h2,6,8,11-12H,3-5,7,9H2,1H3,(H,18,19,21). The second-order valence-electron chi connectivity index (χ2n) is 6.15. The number of hydrogen-bond acceptors (Lipinski definition) is 3. The Morgan fingerprint density at radius 3 is 2.67 bits per heavy atom. The molecular formula is C17H19NO3. The fourth-order valence-electron chi connectivity index (χ4n) is 3.36. The smallest absolute Gasteiger partial charge is 0.229 e. The number of aryl methyl sites for hydroxylation is 1. The van der Waals surface area contributed by atoms with Gasteiger partial charge in [0.15, 0.2) is 5.78 Å². The van der Waals surface area contributed by atoms with Crippen molar-refractivity contribution >= 4 is 17.6 Å². The number of carbonyl (C=O) groups excluding carboxylic acids is 3. The Morgan fingerprint density at radius 1 is 1.14 bits per heavy atom. The molecule has 2 unspecified atom stereocenters. The summed E-state index contributed by atoms with van der Waals surface area (Å²) in [5, 5.41) is 2.38. The number of benzene rings is 1. The zero-order chi connectivity index (χ0) is 15.0. The van der Waals surface area contributed by atoms with Gasteiger partial charge in [0.25, 0.3) is 0 Å². The van der Waals surface area contributed by atoms with E-state index in [4.69, 9.17) is 0 Å². The van der Waals surface area contributed by atoms with Crippen molar-refractivity contribution < 1.29 is 14.4 Å². The van der Waals surface area contributed by atoms with E-state index < -0.39 is 0 Å². The van der Waals surface area contributed by atoms with E-state index in [9.17, 15) is 14.4 Å². The minimum atomic E-state index is -0.184. The molecule has 1 aliphatic heterocycles. The van der Waals surface area contributed by atoms with Crippen LogP contribution in [-0.2, 0) is 16.0 Å². The van der Waals surface area contributed by atoms with Crippen molar-refractivity contribution in [1.82, 2.24) is 5.32 Å². The topological polar surface area (TPSA) is 63.2 Å². The molecule has 1 aromatic rings. The molecule has 0 aromatic heterocycles. The largest absolute Gasteiger partial charge is 0.296 e. The number of nitrogens with one attached hydrogen (secondary N) is 1. The zero-order valence-electron chi connectivity index (χ0n) is 12.1. The van der Waals surface area contributed by atoms with E-state index in [1.54, 1.807) is 0 Å². The number of piperidine rings is 1. The monoisotopic (exact) mass is 285 g/mol. The zero-order valence-corrected chi connectivity index (χ0v) is 12.1. The van der Waals surface area contributed by atoms with Gasteiger partial charge in [-0.05, 0) is 38.2 Å². The molecular weight excluding hydrogens is 266 g/mol. The first kappa shape index (κ1) is 14.0. The molecule has 0 bridgehead atoms. The first-order valence-electron chi connectivity index (χ1n) is 7.52. The van der Waals surface area contributed by atoms with Crippen molar-refractivity contribution in [2.75, 3.05) is 0 Å². The summed E-state index contributed by atoms with van der Waals surface area (Å²) >= 11 is 0. The Labute approximate surface area is 123 Å². The fourth-order valence-corrected chi connectivity index (χ4v) is 3.36. The lowest BCUT2D eigenvalue weighted by Crippen LogP contribution is -2.40. The van der Waals surface area contributed by atoms with E-state index in [0.717, 1.165) is 24.0 Å². The van der Waals surface area contributed by atoms with Crippen LogP contribution < -0.4 is 5.32 Å². The molecule has 21 heavy (non-hydrogen) atoms. The van der Waals surface area contributed by atoms with Crippen LogP contribution in [-0.4, -0.2) is 17.6 Å². The fraction of sp³-hybridized carbons (Fsp3) is 0.471. The molecule has 2 amide bonds. The van der Waals surface area contributed by atoms with Crippen LogP contribution in [0.3, 0.4) is 0 Å². The maximum absolute atomic E-state index is 12.4. The highest BCUT2D eigenvalue weighted by Gasteiger charge is 2.32. The van der Waals surface area contributed by atoms with Gasteiger partial charge >= 0.3 is 0 Å².